The van der Waals surface area contributed by atoms with Crippen molar-refractivity contribution in [3.63, 3.8) is 0 Å². The van der Waals surface area contributed by atoms with E-state index in [4.69, 9.17) is 11.6 Å². The van der Waals surface area contributed by atoms with E-state index in [1.165, 1.54) is 6.07 Å². The minimum absolute atomic E-state index is 0.0429. The number of carbonyl (C=O) groups is 1. The van der Waals surface area contributed by atoms with Gasteiger partial charge in [0.05, 0.1) is 18.2 Å². The highest BCUT2D eigenvalue weighted by Crippen LogP contribution is 2.24. The number of carboxylic acids is 1. The molecule has 2 aromatic carbocycles. The maximum atomic E-state index is 11.6. The van der Waals surface area contributed by atoms with E-state index in [0.29, 0.717) is 22.3 Å². The Morgan fingerprint density at radius 2 is 1.92 bits per heavy atom. The van der Waals surface area contributed by atoms with Crippen molar-refractivity contribution in [3.8, 4) is 0 Å². The van der Waals surface area contributed by atoms with Crippen LogP contribution in [-0.4, -0.2) is 33.8 Å². The number of nitrogens with zero attached hydrogens (tertiary/aromatic N) is 1. The van der Waals surface area contributed by atoms with Crippen molar-refractivity contribution >= 4 is 34.3 Å². The fourth-order valence-corrected chi connectivity index (χ4v) is 2.85. The molecular weight excluding hydrogens is 340 g/mol. The number of halogens is 1. The maximum absolute atomic E-state index is 11.6. The van der Waals surface area contributed by atoms with E-state index in [2.05, 4.69) is 10.3 Å². The molecule has 0 aliphatic heterocycles. The summed E-state index contributed by atoms with van der Waals surface area (Å²) in [5.41, 5.74) is 1.72. The van der Waals surface area contributed by atoms with Crippen molar-refractivity contribution < 1.29 is 15.0 Å². The van der Waals surface area contributed by atoms with Crippen molar-refractivity contribution in [2.24, 2.45) is 0 Å². The predicted molar refractivity (Wildman–Crippen MR) is 98.4 cm³/mol. The van der Waals surface area contributed by atoms with Gasteiger partial charge in [0.2, 0.25) is 0 Å². The number of aliphatic hydroxyl groups excluding tert-OH is 1. The Morgan fingerprint density at radius 3 is 2.60 bits per heavy atom. The van der Waals surface area contributed by atoms with Crippen LogP contribution in [0.15, 0.2) is 54.6 Å². The molecule has 0 radical (unpaired) electrons. The van der Waals surface area contributed by atoms with Crippen LogP contribution >= 0.6 is 11.6 Å². The Labute approximate surface area is 149 Å². The second kappa shape index (κ2) is 7.51. The summed E-state index contributed by atoms with van der Waals surface area (Å²) in [7, 11) is 0. The summed E-state index contributed by atoms with van der Waals surface area (Å²) in [6.07, 6.45) is 0.552. The molecule has 0 bridgehead atoms. The highest BCUT2D eigenvalue weighted by molar-refractivity contribution is 6.31. The van der Waals surface area contributed by atoms with Crippen LogP contribution in [0, 0.1) is 0 Å². The van der Waals surface area contributed by atoms with Crippen LogP contribution in [0.25, 0.3) is 10.9 Å². The predicted octanol–water partition coefficient (Wildman–Crippen LogP) is 3.60. The zero-order chi connectivity index (χ0) is 17.8. The van der Waals surface area contributed by atoms with Crippen LogP contribution in [0.3, 0.4) is 0 Å². The van der Waals surface area contributed by atoms with Crippen LogP contribution in [0.2, 0.25) is 5.02 Å². The molecule has 3 rings (SSSR count). The second-order valence-corrected chi connectivity index (χ2v) is 6.18. The molecule has 0 saturated carbocycles. The van der Waals surface area contributed by atoms with Gasteiger partial charge >= 0.3 is 5.97 Å². The lowest BCUT2D eigenvalue weighted by Crippen LogP contribution is -2.28. The number of fused-ring (bicyclic) bond motifs is 1. The first-order valence-corrected chi connectivity index (χ1v) is 8.19. The van der Waals surface area contributed by atoms with Crippen molar-refractivity contribution in [2.75, 3.05) is 11.9 Å². The first-order chi connectivity index (χ1) is 12.1. The zero-order valence-corrected chi connectivity index (χ0v) is 14.1. The van der Waals surface area contributed by atoms with E-state index >= 15 is 0 Å². The van der Waals surface area contributed by atoms with Gasteiger partial charge in [-0.2, -0.15) is 0 Å². The number of rotatable bonds is 6. The fraction of sp³-hybridized carbons (Fsp3) is 0.158. The molecule has 0 fully saturated rings. The van der Waals surface area contributed by atoms with E-state index in [1.54, 1.807) is 18.2 Å². The maximum Gasteiger partial charge on any atom is 0.339 e. The minimum Gasteiger partial charge on any atom is -0.478 e. The topological polar surface area (TPSA) is 82.5 Å². The Morgan fingerprint density at radius 1 is 1.16 bits per heavy atom. The Bertz CT molecular complexity index is 900. The molecule has 0 amide bonds. The van der Waals surface area contributed by atoms with Crippen LogP contribution in [-0.2, 0) is 6.42 Å². The lowest BCUT2D eigenvalue weighted by Gasteiger charge is -2.19. The molecule has 3 aromatic rings. The first-order valence-electron chi connectivity index (χ1n) is 7.81. The number of aliphatic hydroxyl groups is 1. The molecule has 3 N–H and O–H groups in total. The average molecular weight is 357 g/mol. The van der Waals surface area contributed by atoms with Gasteiger partial charge in [-0.3, -0.25) is 0 Å². The molecule has 0 saturated heterocycles. The summed E-state index contributed by atoms with van der Waals surface area (Å²) < 4.78 is 0. The van der Waals surface area contributed by atoms with Crippen LogP contribution in [0.4, 0.5) is 5.82 Å². The lowest BCUT2D eigenvalue weighted by molar-refractivity contribution is 0.0697. The molecular formula is C19H17ClN2O3. The quantitative estimate of drug-likeness (QED) is 0.628. The zero-order valence-electron chi connectivity index (χ0n) is 13.3. The Kier molecular flexibility index (Phi) is 5.16. The third-order valence-electron chi connectivity index (χ3n) is 3.89. The highest BCUT2D eigenvalue weighted by atomic mass is 35.5. The largest absolute Gasteiger partial charge is 0.478 e. The molecule has 0 spiro atoms. The molecule has 1 aromatic heterocycles. The van der Waals surface area contributed by atoms with Gasteiger partial charge in [-0.25, -0.2) is 9.78 Å². The van der Waals surface area contributed by atoms with Gasteiger partial charge in [0, 0.05) is 10.4 Å². The summed E-state index contributed by atoms with van der Waals surface area (Å²) in [6, 6.07) is 16.0. The van der Waals surface area contributed by atoms with Crippen molar-refractivity contribution in [1.82, 2.24) is 4.98 Å². The molecule has 0 unspecified atom stereocenters. The standard InChI is InChI=1S/C19H17ClN2O3/c20-14-6-7-17-13(9-14)10-16(19(24)25)18(22-17)21-15(11-23)8-12-4-2-1-3-5-12/h1-7,9-10,15,23H,8,11H2,(H,21,22)(H,24,25)/t15-/m1/s1. The summed E-state index contributed by atoms with van der Waals surface area (Å²) in [5, 5.41) is 23.4. The third kappa shape index (κ3) is 4.07. The number of aromatic carboxylic acids is 1. The molecule has 0 aliphatic rings. The minimum atomic E-state index is -1.09. The van der Waals surface area contributed by atoms with Gasteiger partial charge in [0.1, 0.15) is 11.4 Å². The van der Waals surface area contributed by atoms with Gasteiger partial charge in [0.25, 0.3) is 0 Å². The molecule has 6 heteroatoms. The second-order valence-electron chi connectivity index (χ2n) is 5.74. The molecule has 5 nitrogen and oxygen atoms in total. The van der Waals surface area contributed by atoms with Crippen molar-refractivity contribution in [3.05, 3.63) is 70.7 Å². The number of carboxylic acid groups (broad SMARTS) is 1. The van der Waals surface area contributed by atoms with Gasteiger partial charge < -0.3 is 15.5 Å². The number of hydrogen-bond acceptors (Lipinski definition) is 4. The van der Waals surface area contributed by atoms with E-state index in [1.807, 2.05) is 30.3 Å². The summed E-state index contributed by atoms with van der Waals surface area (Å²) in [5.74, 6) is -0.856. The van der Waals surface area contributed by atoms with Gasteiger partial charge in [-0.05, 0) is 36.2 Å². The number of nitrogens with one attached hydrogen (secondary N) is 1. The number of anilines is 1. The Balaban J connectivity index is 1.94. The summed E-state index contributed by atoms with van der Waals surface area (Å²) in [6.45, 7) is -0.145. The van der Waals surface area contributed by atoms with Crippen LogP contribution in [0.1, 0.15) is 15.9 Å². The summed E-state index contributed by atoms with van der Waals surface area (Å²) in [4.78, 5) is 16.0. The van der Waals surface area contributed by atoms with E-state index in [-0.39, 0.29) is 24.0 Å². The molecule has 25 heavy (non-hydrogen) atoms. The molecule has 1 atom stereocenters. The fourth-order valence-electron chi connectivity index (χ4n) is 2.67. The first kappa shape index (κ1) is 17.2. The van der Waals surface area contributed by atoms with Gasteiger partial charge in [-0.1, -0.05) is 41.9 Å². The van der Waals surface area contributed by atoms with E-state index < -0.39 is 5.97 Å². The average Bonchev–Trinajstić information content (AvgIpc) is 2.61. The number of hydrogen-bond donors (Lipinski definition) is 3. The molecule has 128 valence electrons. The highest BCUT2D eigenvalue weighted by Gasteiger charge is 2.17. The van der Waals surface area contributed by atoms with E-state index in [9.17, 15) is 15.0 Å². The normalized spacial score (nSPS) is 12.1. The Hall–Kier alpha value is -2.63. The van der Waals surface area contributed by atoms with Crippen molar-refractivity contribution in [2.45, 2.75) is 12.5 Å². The van der Waals surface area contributed by atoms with E-state index in [0.717, 1.165) is 5.56 Å². The third-order valence-corrected chi connectivity index (χ3v) is 4.13. The number of benzene rings is 2. The smallest absolute Gasteiger partial charge is 0.339 e. The monoisotopic (exact) mass is 356 g/mol. The lowest BCUT2D eigenvalue weighted by atomic mass is 10.1. The molecule has 1 heterocycles. The SMILES string of the molecule is O=C(O)c1cc2cc(Cl)ccc2nc1N[C@@H](CO)Cc1ccccc1. The van der Waals surface area contributed by atoms with Crippen LogP contribution in [0.5, 0.6) is 0 Å². The summed E-state index contributed by atoms with van der Waals surface area (Å²) >= 11 is 5.96. The van der Waals surface area contributed by atoms with Crippen LogP contribution < -0.4 is 5.32 Å². The number of aromatic nitrogens is 1. The number of pyridine rings is 1. The van der Waals surface area contributed by atoms with Gasteiger partial charge in [0.15, 0.2) is 0 Å². The van der Waals surface area contributed by atoms with Gasteiger partial charge in [-0.15, -0.1) is 0 Å². The molecule has 0 aliphatic carbocycles. The van der Waals surface area contributed by atoms with Crippen molar-refractivity contribution in [1.29, 1.82) is 0 Å².